The summed E-state index contributed by atoms with van der Waals surface area (Å²) in [5, 5.41) is 13.5. The summed E-state index contributed by atoms with van der Waals surface area (Å²) < 4.78 is 1.65. The molecule has 0 saturated heterocycles. The lowest BCUT2D eigenvalue weighted by atomic mass is 10.2. The molecule has 2 rings (SSSR count). The molecule has 1 aliphatic carbocycles. The molecule has 0 aliphatic heterocycles. The van der Waals surface area contributed by atoms with Gasteiger partial charge in [0.1, 0.15) is 11.4 Å². The summed E-state index contributed by atoms with van der Waals surface area (Å²) in [5.74, 6) is -0.224. The Labute approximate surface area is 100 Å². The quantitative estimate of drug-likeness (QED) is 0.787. The minimum absolute atomic E-state index is 0.307. The van der Waals surface area contributed by atoms with Gasteiger partial charge in [-0.25, -0.2) is 4.79 Å². The molecule has 0 atom stereocenters. The van der Waals surface area contributed by atoms with Crippen LogP contribution in [0.4, 0.5) is 5.82 Å². The van der Waals surface area contributed by atoms with Crippen molar-refractivity contribution in [3.63, 3.8) is 0 Å². The summed E-state index contributed by atoms with van der Waals surface area (Å²) in [5.41, 5.74) is 0.867. The Morgan fingerprint density at radius 2 is 2.35 bits per heavy atom. The number of aryl methyl sites for hydroxylation is 2. The van der Waals surface area contributed by atoms with Crippen LogP contribution in [0, 0.1) is 6.92 Å². The van der Waals surface area contributed by atoms with Gasteiger partial charge in [-0.05, 0) is 19.8 Å². The number of carboxylic acid groups (broad SMARTS) is 1. The average molecular weight is 235 g/mol. The molecule has 17 heavy (non-hydrogen) atoms. The van der Waals surface area contributed by atoms with E-state index in [1.54, 1.807) is 24.7 Å². The van der Waals surface area contributed by atoms with E-state index in [-0.39, 0.29) is 0 Å². The Bertz CT molecular complexity index is 461. The predicted octanol–water partition coefficient (Wildman–Crippen LogP) is 1.58. The van der Waals surface area contributed by atoms with Gasteiger partial charge in [-0.1, -0.05) is 6.08 Å². The molecule has 5 heteroatoms. The van der Waals surface area contributed by atoms with Crippen LogP contribution in [0.3, 0.4) is 0 Å². The Morgan fingerprint density at radius 1 is 1.71 bits per heavy atom. The Hall–Kier alpha value is -1.78. The van der Waals surface area contributed by atoms with Crippen molar-refractivity contribution in [2.24, 2.45) is 7.05 Å². The molecule has 1 N–H and O–H groups in total. The number of anilines is 1. The Balaban J connectivity index is 2.47. The van der Waals surface area contributed by atoms with Gasteiger partial charge in [0.25, 0.3) is 0 Å². The molecule has 1 heterocycles. The zero-order valence-corrected chi connectivity index (χ0v) is 10.2. The molecule has 1 aliphatic rings. The van der Waals surface area contributed by atoms with Crippen molar-refractivity contribution in [2.75, 3.05) is 11.4 Å². The van der Waals surface area contributed by atoms with Gasteiger partial charge in [-0.2, -0.15) is 5.10 Å². The Kier molecular flexibility index (Phi) is 2.92. The van der Waals surface area contributed by atoms with E-state index in [0.717, 1.165) is 12.8 Å². The average Bonchev–Trinajstić information content (AvgIpc) is 3.01. The first-order valence-corrected chi connectivity index (χ1v) is 5.70. The number of hydrogen-bond donors (Lipinski definition) is 1. The van der Waals surface area contributed by atoms with Crippen molar-refractivity contribution in [3.8, 4) is 0 Å². The highest BCUT2D eigenvalue weighted by molar-refractivity contribution is 5.95. The number of rotatable bonds is 5. The topological polar surface area (TPSA) is 58.4 Å². The van der Waals surface area contributed by atoms with Crippen LogP contribution in [-0.4, -0.2) is 33.4 Å². The molecule has 0 bridgehead atoms. The highest BCUT2D eigenvalue weighted by atomic mass is 16.4. The molecule has 0 aromatic carbocycles. The fourth-order valence-electron chi connectivity index (χ4n) is 2.16. The number of hydrogen-bond acceptors (Lipinski definition) is 3. The zero-order chi connectivity index (χ0) is 12.6. The number of aromatic nitrogens is 2. The lowest BCUT2D eigenvalue weighted by Gasteiger charge is -2.23. The van der Waals surface area contributed by atoms with Crippen LogP contribution in [-0.2, 0) is 7.05 Å². The molecular formula is C12H17N3O2. The molecule has 0 unspecified atom stereocenters. The minimum Gasteiger partial charge on any atom is -0.477 e. The smallest absolute Gasteiger partial charge is 0.341 e. The van der Waals surface area contributed by atoms with Crippen LogP contribution in [0.25, 0.3) is 0 Å². The highest BCUT2D eigenvalue weighted by Gasteiger charge is 2.33. The number of carbonyl (C=O) groups is 1. The van der Waals surface area contributed by atoms with Crippen molar-refractivity contribution in [1.82, 2.24) is 9.78 Å². The molecule has 1 saturated carbocycles. The first-order chi connectivity index (χ1) is 8.06. The third kappa shape index (κ3) is 2.05. The normalized spacial score (nSPS) is 14.7. The molecular weight excluding hydrogens is 218 g/mol. The molecule has 1 fully saturated rings. The van der Waals surface area contributed by atoms with E-state index >= 15 is 0 Å². The van der Waals surface area contributed by atoms with Crippen LogP contribution in [0.5, 0.6) is 0 Å². The van der Waals surface area contributed by atoms with Gasteiger partial charge in [-0.15, -0.1) is 6.58 Å². The summed E-state index contributed by atoms with van der Waals surface area (Å²) in [6.07, 6.45) is 4.01. The van der Waals surface area contributed by atoms with Crippen LogP contribution in [0.15, 0.2) is 12.7 Å². The first kappa shape index (κ1) is 11.7. The van der Waals surface area contributed by atoms with E-state index < -0.39 is 5.97 Å². The number of nitrogens with zero attached hydrogens (tertiary/aromatic N) is 3. The van der Waals surface area contributed by atoms with Gasteiger partial charge in [-0.3, -0.25) is 4.68 Å². The highest BCUT2D eigenvalue weighted by Crippen LogP contribution is 2.34. The fourth-order valence-corrected chi connectivity index (χ4v) is 2.16. The summed E-state index contributed by atoms with van der Waals surface area (Å²) in [4.78, 5) is 13.4. The van der Waals surface area contributed by atoms with Crippen molar-refractivity contribution in [1.29, 1.82) is 0 Å². The summed E-state index contributed by atoms with van der Waals surface area (Å²) in [6, 6.07) is 0.431. The van der Waals surface area contributed by atoms with Gasteiger partial charge < -0.3 is 10.0 Å². The van der Waals surface area contributed by atoms with E-state index in [9.17, 15) is 9.90 Å². The van der Waals surface area contributed by atoms with Gasteiger partial charge in [0.05, 0.1) is 5.69 Å². The fraction of sp³-hybridized carbons (Fsp3) is 0.500. The molecule has 5 nitrogen and oxygen atoms in total. The molecule has 0 amide bonds. The third-order valence-electron chi connectivity index (χ3n) is 2.99. The molecule has 1 aromatic rings. The van der Waals surface area contributed by atoms with E-state index in [4.69, 9.17) is 0 Å². The van der Waals surface area contributed by atoms with Crippen LogP contribution in [0.2, 0.25) is 0 Å². The predicted molar refractivity (Wildman–Crippen MR) is 65.5 cm³/mol. The largest absolute Gasteiger partial charge is 0.477 e. The minimum atomic E-state index is -0.916. The second-order valence-corrected chi connectivity index (χ2v) is 4.38. The van der Waals surface area contributed by atoms with Gasteiger partial charge >= 0.3 is 5.97 Å². The van der Waals surface area contributed by atoms with Gasteiger partial charge in [0, 0.05) is 19.6 Å². The lowest BCUT2D eigenvalue weighted by Crippen LogP contribution is -2.29. The second kappa shape index (κ2) is 4.24. The molecule has 92 valence electrons. The monoisotopic (exact) mass is 235 g/mol. The third-order valence-corrected chi connectivity index (χ3v) is 2.99. The SMILES string of the molecule is C=CCN(c1c(C(=O)O)c(C)nn1C)C1CC1. The maximum Gasteiger partial charge on any atom is 0.341 e. The van der Waals surface area contributed by atoms with E-state index in [1.807, 2.05) is 0 Å². The number of carboxylic acids is 1. The Morgan fingerprint density at radius 3 is 2.82 bits per heavy atom. The van der Waals surface area contributed by atoms with Crippen LogP contribution < -0.4 is 4.90 Å². The maximum absolute atomic E-state index is 11.3. The van der Waals surface area contributed by atoms with Gasteiger partial charge in [0.2, 0.25) is 0 Å². The van der Waals surface area contributed by atoms with Crippen molar-refractivity contribution < 1.29 is 9.90 Å². The summed E-state index contributed by atoms with van der Waals surface area (Å²) in [6.45, 7) is 6.11. The van der Waals surface area contributed by atoms with Crippen molar-refractivity contribution >= 4 is 11.8 Å². The molecule has 1 aromatic heterocycles. The summed E-state index contributed by atoms with van der Waals surface area (Å²) in [7, 11) is 1.78. The second-order valence-electron chi connectivity index (χ2n) is 4.38. The van der Waals surface area contributed by atoms with E-state index in [2.05, 4.69) is 16.6 Å². The summed E-state index contributed by atoms with van der Waals surface area (Å²) >= 11 is 0. The standard InChI is InChI=1S/C12H17N3O2/c1-4-7-15(9-5-6-9)11-10(12(16)17)8(2)13-14(11)3/h4,9H,1,5-7H2,2-3H3,(H,16,17). The molecule has 0 spiro atoms. The van der Waals surface area contributed by atoms with Gasteiger partial charge in [0.15, 0.2) is 0 Å². The maximum atomic E-state index is 11.3. The number of aromatic carboxylic acids is 1. The van der Waals surface area contributed by atoms with Crippen LogP contribution >= 0.6 is 0 Å². The zero-order valence-electron chi connectivity index (χ0n) is 10.2. The van der Waals surface area contributed by atoms with Crippen LogP contribution in [0.1, 0.15) is 28.9 Å². The lowest BCUT2D eigenvalue weighted by molar-refractivity contribution is 0.0696. The first-order valence-electron chi connectivity index (χ1n) is 5.70. The van der Waals surface area contributed by atoms with Crippen molar-refractivity contribution in [2.45, 2.75) is 25.8 Å². The molecule has 0 radical (unpaired) electrons. The van der Waals surface area contributed by atoms with E-state index in [0.29, 0.717) is 29.7 Å². The van der Waals surface area contributed by atoms with Crippen molar-refractivity contribution in [3.05, 3.63) is 23.9 Å². The van der Waals surface area contributed by atoms with E-state index in [1.165, 1.54) is 0 Å².